The first-order valence-electron chi connectivity index (χ1n) is 22.0. The van der Waals surface area contributed by atoms with Gasteiger partial charge in [0.05, 0.1) is 31.5 Å². The number of allylic oxidation sites excluding steroid dienone is 1. The van der Waals surface area contributed by atoms with Crippen molar-refractivity contribution in [3.8, 4) is 0 Å². The molecule has 11 heteroatoms. The normalized spacial score (nSPS) is 23.3. The van der Waals surface area contributed by atoms with Crippen LogP contribution >= 0.6 is 0 Å². The summed E-state index contributed by atoms with van der Waals surface area (Å²) in [5.41, 5.74) is 0. The number of carbonyl (C=O) groups is 1. The summed E-state index contributed by atoms with van der Waals surface area (Å²) in [7, 11) is 0. The smallest absolute Gasteiger partial charge is 0.249 e. The van der Waals surface area contributed by atoms with Gasteiger partial charge in [0, 0.05) is 0 Å². The Kier molecular flexibility index (Phi) is 31.0. The summed E-state index contributed by atoms with van der Waals surface area (Å²) >= 11 is 0. The second kappa shape index (κ2) is 32.9. The minimum Gasteiger partial charge on any atom is -0.394 e. The molecule has 1 amide bonds. The van der Waals surface area contributed by atoms with E-state index in [0.717, 1.165) is 32.1 Å². The SMILES string of the molecule is CCCCCCCCCCCCCCCC[C@@H](O)C(=O)N[C@@H](CO[C@@H]1O[C@H](CO)[C@@H](O)[C@H](O)[C@H]1O)[C@H](O)/C=C/CC[C@@H](O)[C@@H](C)CCCCCCCCC. The molecule has 1 heterocycles. The summed E-state index contributed by atoms with van der Waals surface area (Å²) in [6.07, 6.45) is 20.6. The third-order valence-corrected chi connectivity index (χ3v) is 11.0. The molecule has 320 valence electrons. The summed E-state index contributed by atoms with van der Waals surface area (Å²) in [6.45, 7) is 5.54. The number of ether oxygens (including phenoxy) is 2. The van der Waals surface area contributed by atoms with Crippen molar-refractivity contribution in [3.05, 3.63) is 12.2 Å². The van der Waals surface area contributed by atoms with Gasteiger partial charge >= 0.3 is 0 Å². The van der Waals surface area contributed by atoms with E-state index in [1.807, 2.05) is 0 Å². The average molecular weight is 774 g/mol. The molecular formula is C43H83NO10. The van der Waals surface area contributed by atoms with Crippen LogP contribution in [-0.2, 0) is 14.3 Å². The van der Waals surface area contributed by atoms with E-state index in [9.17, 15) is 40.5 Å². The second-order valence-corrected chi connectivity index (χ2v) is 16.0. The van der Waals surface area contributed by atoms with Gasteiger partial charge in [0.15, 0.2) is 6.29 Å². The number of amides is 1. The van der Waals surface area contributed by atoms with E-state index in [1.165, 1.54) is 109 Å². The number of hydrogen-bond donors (Lipinski definition) is 8. The van der Waals surface area contributed by atoms with E-state index in [-0.39, 0.29) is 18.9 Å². The number of unbranched alkanes of at least 4 members (excludes halogenated alkanes) is 19. The van der Waals surface area contributed by atoms with Crippen molar-refractivity contribution < 1.29 is 50.0 Å². The van der Waals surface area contributed by atoms with Crippen molar-refractivity contribution in [2.24, 2.45) is 5.92 Å². The number of hydrogen-bond acceptors (Lipinski definition) is 10. The Morgan fingerprint density at radius 3 is 1.67 bits per heavy atom. The zero-order valence-corrected chi connectivity index (χ0v) is 34.4. The van der Waals surface area contributed by atoms with Crippen molar-refractivity contribution in [2.45, 2.75) is 236 Å². The van der Waals surface area contributed by atoms with Gasteiger partial charge in [0.2, 0.25) is 5.91 Å². The quantitative estimate of drug-likeness (QED) is 0.0266. The molecule has 0 unspecified atom stereocenters. The summed E-state index contributed by atoms with van der Waals surface area (Å²) in [5, 5.41) is 75.3. The van der Waals surface area contributed by atoms with Crippen molar-refractivity contribution in [3.63, 3.8) is 0 Å². The molecule has 0 radical (unpaired) electrons. The number of rotatable bonds is 35. The molecule has 1 rings (SSSR count). The molecule has 0 aromatic rings. The topological polar surface area (TPSA) is 189 Å². The van der Waals surface area contributed by atoms with Gasteiger partial charge in [0.1, 0.15) is 30.5 Å². The highest BCUT2D eigenvalue weighted by Gasteiger charge is 2.44. The Balaban J connectivity index is 2.56. The van der Waals surface area contributed by atoms with Gasteiger partial charge in [0.25, 0.3) is 0 Å². The van der Waals surface area contributed by atoms with Gasteiger partial charge < -0.3 is 50.5 Å². The second-order valence-electron chi connectivity index (χ2n) is 16.0. The van der Waals surface area contributed by atoms with Crippen LogP contribution in [0.2, 0.25) is 0 Å². The van der Waals surface area contributed by atoms with E-state index in [2.05, 4.69) is 26.1 Å². The summed E-state index contributed by atoms with van der Waals surface area (Å²) in [5.74, 6) is -0.492. The fourth-order valence-electron chi connectivity index (χ4n) is 7.11. The van der Waals surface area contributed by atoms with Crippen LogP contribution in [0.4, 0.5) is 0 Å². The van der Waals surface area contributed by atoms with Crippen LogP contribution in [0.5, 0.6) is 0 Å². The fraction of sp³-hybridized carbons (Fsp3) is 0.930. The van der Waals surface area contributed by atoms with Crippen LogP contribution in [0.15, 0.2) is 12.2 Å². The first-order chi connectivity index (χ1) is 26.1. The minimum atomic E-state index is -1.64. The van der Waals surface area contributed by atoms with E-state index in [0.29, 0.717) is 19.3 Å². The predicted molar refractivity (Wildman–Crippen MR) is 215 cm³/mol. The Labute approximate surface area is 328 Å². The molecule has 1 aliphatic rings. The number of aliphatic hydroxyl groups is 7. The molecule has 54 heavy (non-hydrogen) atoms. The highest BCUT2D eigenvalue weighted by atomic mass is 16.7. The molecule has 0 aliphatic carbocycles. The number of aliphatic hydroxyl groups excluding tert-OH is 7. The molecule has 0 saturated carbocycles. The molecule has 0 bridgehead atoms. The molecule has 1 fully saturated rings. The predicted octanol–water partition coefficient (Wildman–Crippen LogP) is 6.36. The lowest BCUT2D eigenvalue weighted by atomic mass is 9.94. The lowest BCUT2D eigenvalue weighted by Crippen LogP contribution is -2.60. The van der Waals surface area contributed by atoms with E-state index in [4.69, 9.17) is 9.47 Å². The zero-order valence-electron chi connectivity index (χ0n) is 34.4. The van der Waals surface area contributed by atoms with Gasteiger partial charge in [-0.15, -0.1) is 0 Å². The number of carbonyl (C=O) groups excluding carboxylic acids is 1. The molecular weight excluding hydrogens is 690 g/mol. The zero-order chi connectivity index (χ0) is 40.0. The summed E-state index contributed by atoms with van der Waals surface area (Å²) in [6, 6.07) is -1.05. The highest BCUT2D eigenvalue weighted by Crippen LogP contribution is 2.23. The van der Waals surface area contributed by atoms with Crippen LogP contribution in [0.25, 0.3) is 0 Å². The molecule has 11 nitrogen and oxygen atoms in total. The van der Waals surface area contributed by atoms with Gasteiger partial charge in [-0.3, -0.25) is 4.79 Å². The van der Waals surface area contributed by atoms with Crippen LogP contribution in [0.1, 0.15) is 181 Å². The molecule has 0 aromatic heterocycles. The maximum absolute atomic E-state index is 13.0. The molecule has 10 atom stereocenters. The molecule has 0 spiro atoms. The largest absolute Gasteiger partial charge is 0.394 e. The fourth-order valence-corrected chi connectivity index (χ4v) is 7.11. The minimum absolute atomic E-state index is 0.166. The van der Waals surface area contributed by atoms with E-state index in [1.54, 1.807) is 6.08 Å². The highest BCUT2D eigenvalue weighted by molar-refractivity contribution is 5.80. The van der Waals surface area contributed by atoms with E-state index < -0.39 is 67.6 Å². The number of nitrogens with one attached hydrogen (secondary N) is 1. The first-order valence-corrected chi connectivity index (χ1v) is 22.0. The molecule has 1 saturated heterocycles. The standard InChI is InChI=1S/C43H83NO10/c1-4-6-8-10-12-13-14-15-16-17-18-20-22-24-30-37(48)42(52)44-34(32-53-43-41(51)40(50)39(49)38(31-45)54-43)36(47)29-26-25-28-35(46)33(3)27-23-21-19-11-9-7-5-2/h26,29,33-41,43,45-51H,4-25,27-28,30-32H2,1-3H3,(H,44,52)/b29-26+/t33-,34-,35+,36+,37+,38+,39+,40-,41+,43+/m0/s1. The van der Waals surface area contributed by atoms with Gasteiger partial charge in [-0.25, -0.2) is 0 Å². The van der Waals surface area contributed by atoms with E-state index >= 15 is 0 Å². The van der Waals surface area contributed by atoms with Crippen LogP contribution < -0.4 is 5.32 Å². The molecule has 8 N–H and O–H groups in total. The molecule has 1 aliphatic heterocycles. The van der Waals surface area contributed by atoms with Crippen LogP contribution in [0.3, 0.4) is 0 Å². The Morgan fingerprint density at radius 1 is 0.685 bits per heavy atom. The summed E-state index contributed by atoms with van der Waals surface area (Å²) in [4.78, 5) is 13.0. The third-order valence-electron chi connectivity index (χ3n) is 11.0. The van der Waals surface area contributed by atoms with Crippen LogP contribution in [0, 0.1) is 5.92 Å². The van der Waals surface area contributed by atoms with Crippen LogP contribution in [-0.4, -0.2) is 110 Å². The first kappa shape index (κ1) is 50.9. The monoisotopic (exact) mass is 774 g/mol. The summed E-state index contributed by atoms with van der Waals surface area (Å²) < 4.78 is 11.1. The van der Waals surface area contributed by atoms with Gasteiger partial charge in [-0.1, -0.05) is 168 Å². The Hall–Kier alpha value is -1.15. The lowest BCUT2D eigenvalue weighted by molar-refractivity contribution is -0.302. The lowest BCUT2D eigenvalue weighted by Gasteiger charge is -2.40. The maximum atomic E-state index is 13.0. The van der Waals surface area contributed by atoms with Crippen molar-refractivity contribution in [2.75, 3.05) is 13.2 Å². The van der Waals surface area contributed by atoms with Gasteiger partial charge in [-0.2, -0.15) is 0 Å². The Bertz CT molecular complexity index is 907. The Morgan fingerprint density at radius 2 is 1.17 bits per heavy atom. The third kappa shape index (κ3) is 23.2. The van der Waals surface area contributed by atoms with Crippen molar-refractivity contribution in [1.82, 2.24) is 5.32 Å². The molecule has 0 aromatic carbocycles. The average Bonchev–Trinajstić information content (AvgIpc) is 3.17. The van der Waals surface area contributed by atoms with Crippen molar-refractivity contribution in [1.29, 1.82) is 0 Å². The maximum Gasteiger partial charge on any atom is 0.249 e. The van der Waals surface area contributed by atoms with Gasteiger partial charge in [-0.05, 0) is 31.6 Å². The van der Waals surface area contributed by atoms with Crippen molar-refractivity contribution >= 4 is 5.91 Å².